The van der Waals surface area contributed by atoms with Crippen molar-refractivity contribution in [2.45, 2.75) is 0 Å². The molecule has 0 fully saturated rings. The van der Waals surface area contributed by atoms with Gasteiger partial charge in [-0.25, -0.2) is 0 Å². The fourth-order valence-corrected chi connectivity index (χ4v) is 11.1. The van der Waals surface area contributed by atoms with Gasteiger partial charge in [0.2, 0.25) is 0 Å². The number of aromatic nitrogens is 1. The van der Waals surface area contributed by atoms with E-state index in [4.69, 9.17) is 0 Å². The molecule has 2 nitrogen and oxygen atoms in total. The quantitative estimate of drug-likeness (QED) is 0.158. The standard InChI is InChI=1S/C58H36N2S/c1-3-16-39(17-4-1)59(41-29-32-56-53(35-41)49-25-13-14-26-55(49)61-56)42-28-31-50-54(36-42)60(40-18-5-2-6-19-40)58-43-20-8-7-15-37(43)33-51(57(50)58)38-27-30-48-46-23-10-9-21-44(46)45-22-11-12-24-47(45)52(48)34-38/h1-36H. The number of para-hydroxylation sites is 2. The Balaban J connectivity index is 1.12. The first-order chi connectivity index (χ1) is 30.3. The number of benzene rings is 11. The van der Waals surface area contributed by atoms with Crippen molar-refractivity contribution >= 4 is 113 Å². The average molecular weight is 793 g/mol. The molecule has 0 saturated carbocycles. The van der Waals surface area contributed by atoms with Crippen molar-refractivity contribution in [1.29, 1.82) is 0 Å². The zero-order valence-electron chi connectivity index (χ0n) is 33.1. The van der Waals surface area contributed by atoms with Crippen LogP contribution in [0.2, 0.25) is 0 Å². The second kappa shape index (κ2) is 13.4. The fraction of sp³-hybridized carbons (Fsp3) is 0. The van der Waals surface area contributed by atoms with E-state index in [0.29, 0.717) is 0 Å². The van der Waals surface area contributed by atoms with Crippen molar-refractivity contribution in [3.05, 3.63) is 218 Å². The molecule has 0 aliphatic heterocycles. The molecule has 0 N–H and O–H groups in total. The second-order valence-corrected chi connectivity index (χ2v) is 17.1. The molecule has 2 aromatic heterocycles. The minimum Gasteiger partial charge on any atom is -0.310 e. The molecule has 61 heavy (non-hydrogen) atoms. The van der Waals surface area contributed by atoms with Crippen molar-refractivity contribution in [1.82, 2.24) is 4.57 Å². The van der Waals surface area contributed by atoms with Crippen LogP contribution in [0.3, 0.4) is 0 Å². The van der Waals surface area contributed by atoms with Gasteiger partial charge in [0, 0.05) is 59.1 Å². The third kappa shape index (κ3) is 5.21. The Kier molecular flexibility index (Phi) is 7.51. The van der Waals surface area contributed by atoms with Crippen molar-refractivity contribution in [3.8, 4) is 16.8 Å². The van der Waals surface area contributed by atoms with E-state index < -0.39 is 0 Å². The minimum absolute atomic E-state index is 1.10. The Morgan fingerprint density at radius 2 is 0.902 bits per heavy atom. The summed E-state index contributed by atoms with van der Waals surface area (Å²) >= 11 is 1.86. The first-order valence-electron chi connectivity index (χ1n) is 20.9. The summed E-state index contributed by atoms with van der Waals surface area (Å²) in [4.78, 5) is 2.41. The molecule has 0 aliphatic carbocycles. The Morgan fingerprint density at radius 3 is 1.66 bits per heavy atom. The van der Waals surface area contributed by atoms with E-state index >= 15 is 0 Å². The summed E-state index contributed by atoms with van der Waals surface area (Å²) in [5.74, 6) is 0. The van der Waals surface area contributed by atoms with Gasteiger partial charge in [-0.1, -0.05) is 146 Å². The molecule has 0 saturated heterocycles. The van der Waals surface area contributed by atoms with Gasteiger partial charge in [0.05, 0.1) is 11.0 Å². The summed E-state index contributed by atoms with van der Waals surface area (Å²) < 4.78 is 5.11. The third-order valence-corrected chi connectivity index (χ3v) is 13.8. The van der Waals surface area contributed by atoms with Crippen molar-refractivity contribution in [2.24, 2.45) is 0 Å². The van der Waals surface area contributed by atoms with E-state index in [1.165, 1.54) is 90.7 Å². The van der Waals surface area contributed by atoms with Crippen molar-refractivity contribution in [3.63, 3.8) is 0 Å². The van der Waals surface area contributed by atoms with E-state index in [0.717, 1.165) is 28.3 Å². The van der Waals surface area contributed by atoms with Gasteiger partial charge in [-0.05, 0) is 122 Å². The van der Waals surface area contributed by atoms with Crippen LogP contribution in [-0.2, 0) is 0 Å². The van der Waals surface area contributed by atoms with Crippen LogP contribution in [0, 0.1) is 0 Å². The zero-order chi connectivity index (χ0) is 40.0. The van der Waals surface area contributed by atoms with Crippen molar-refractivity contribution in [2.75, 3.05) is 4.90 Å². The van der Waals surface area contributed by atoms with Gasteiger partial charge >= 0.3 is 0 Å². The molecule has 13 rings (SSSR count). The lowest BCUT2D eigenvalue weighted by Gasteiger charge is -2.26. The first kappa shape index (κ1) is 34.2. The molecule has 2 heterocycles. The second-order valence-electron chi connectivity index (χ2n) is 16.0. The molecule has 0 radical (unpaired) electrons. The predicted molar refractivity (Wildman–Crippen MR) is 264 cm³/mol. The van der Waals surface area contributed by atoms with E-state index in [1.807, 2.05) is 11.3 Å². The molecular weight excluding hydrogens is 757 g/mol. The van der Waals surface area contributed by atoms with Gasteiger partial charge in [0.15, 0.2) is 0 Å². The highest BCUT2D eigenvalue weighted by Gasteiger charge is 2.23. The van der Waals surface area contributed by atoms with Gasteiger partial charge in [-0.3, -0.25) is 0 Å². The highest BCUT2D eigenvalue weighted by atomic mass is 32.1. The van der Waals surface area contributed by atoms with Crippen LogP contribution >= 0.6 is 11.3 Å². The first-order valence-corrected chi connectivity index (χ1v) is 21.7. The zero-order valence-corrected chi connectivity index (χ0v) is 33.9. The number of nitrogens with zero attached hydrogens (tertiary/aromatic N) is 2. The summed E-state index contributed by atoms with van der Waals surface area (Å²) in [6.45, 7) is 0. The van der Waals surface area contributed by atoms with Crippen LogP contribution in [0.4, 0.5) is 17.1 Å². The number of fused-ring (bicyclic) bond motifs is 14. The number of hydrogen-bond acceptors (Lipinski definition) is 2. The van der Waals surface area contributed by atoms with E-state index in [1.54, 1.807) is 0 Å². The maximum Gasteiger partial charge on any atom is 0.0625 e. The molecule has 3 heteroatoms. The van der Waals surface area contributed by atoms with Crippen molar-refractivity contribution < 1.29 is 0 Å². The smallest absolute Gasteiger partial charge is 0.0625 e. The monoisotopic (exact) mass is 792 g/mol. The molecule has 0 aliphatic rings. The largest absolute Gasteiger partial charge is 0.310 e. The molecular formula is C58H36N2S. The van der Waals surface area contributed by atoms with E-state index in [2.05, 4.69) is 228 Å². The Bertz CT molecular complexity index is 3840. The summed E-state index contributed by atoms with van der Waals surface area (Å²) in [5.41, 5.74) is 9.31. The van der Waals surface area contributed by atoms with Gasteiger partial charge < -0.3 is 9.47 Å². The Hall–Kier alpha value is -7.72. The summed E-state index contributed by atoms with van der Waals surface area (Å²) in [6.07, 6.45) is 0. The lowest BCUT2D eigenvalue weighted by molar-refractivity contribution is 1.18. The summed E-state index contributed by atoms with van der Waals surface area (Å²) in [5, 5.41) is 15.2. The number of thiophene rings is 1. The Morgan fingerprint density at radius 1 is 0.344 bits per heavy atom. The summed E-state index contributed by atoms with van der Waals surface area (Å²) in [7, 11) is 0. The molecule has 13 aromatic rings. The minimum atomic E-state index is 1.10. The lowest BCUT2D eigenvalue weighted by Crippen LogP contribution is -2.09. The summed E-state index contributed by atoms with van der Waals surface area (Å²) in [6, 6.07) is 80.6. The predicted octanol–water partition coefficient (Wildman–Crippen LogP) is 16.9. The van der Waals surface area contributed by atoms with Gasteiger partial charge in [-0.2, -0.15) is 0 Å². The van der Waals surface area contributed by atoms with Crippen LogP contribution in [0.25, 0.3) is 102 Å². The van der Waals surface area contributed by atoms with Crippen LogP contribution in [0.1, 0.15) is 0 Å². The van der Waals surface area contributed by atoms with E-state index in [9.17, 15) is 0 Å². The highest BCUT2D eigenvalue weighted by Crippen LogP contribution is 2.47. The third-order valence-electron chi connectivity index (χ3n) is 12.7. The fourth-order valence-electron chi connectivity index (χ4n) is 10.0. The van der Waals surface area contributed by atoms with Gasteiger partial charge in [-0.15, -0.1) is 11.3 Å². The molecule has 0 amide bonds. The topological polar surface area (TPSA) is 8.17 Å². The van der Waals surface area contributed by atoms with Crippen LogP contribution in [0.15, 0.2) is 218 Å². The number of rotatable bonds is 5. The number of hydrogen-bond donors (Lipinski definition) is 0. The van der Waals surface area contributed by atoms with Gasteiger partial charge in [0.25, 0.3) is 0 Å². The van der Waals surface area contributed by atoms with E-state index in [-0.39, 0.29) is 0 Å². The molecule has 0 atom stereocenters. The maximum atomic E-state index is 2.50. The average Bonchev–Trinajstić information content (AvgIpc) is 3.88. The van der Waals surface area contributed by atoms with Crippen LogP contribution in [-0.4, -0.2) is 4.57 Å². The molecule has 11 aromatic carbocycles. The normalized spacial score (nSPS) is 11.9. The molecule has 0 unspecified atom stereocenters. The SMILES string of the molecule is c1ccc(N(c2ccc3sc4ccccc4c3c2)c2ccc3c4c(-c5ccc6c7ccccc7c7ccccc7c6c5)cc5ccccc5c4n(-c4ccccc4)c3c2)cc1. The maximum absolute atomic E-state index is 2.50. The van der Waals surface area contributed by atoms with Gasteiger partial charge in [0.1, 0.15) is 0 Å². The van der Waals surface area contributed by atoms with Crippen LogP contribution < -0.4 is 4.90 Å². The number of anilines is 3. The lowest BCUT2D eigenvalue weighted by atomic mass is 9.90. The highest BCUT2D eigenvalue weighted by molar-refractivity contribution is 7.25. The van der Waals surface area contributed by atoms with Crippen LogP contribution in [0.5, 0.6) is 0 Å². The molecule has 0 bridgehead atoms. The Labute approximate surface area is 356 Å². The molecule has 284 valence electrons. The molecule has 0 spiro atoms.